The molecule has 1 aromatic rings. The van der Waals surface area contributed by atoms with Crippen LogP contribution in [0, 0.1) is 0 Å². The SMILES string of the molecule is CCOc1cc(/C=N/NC(=S)NCC2CCCO2)ccc1OC. The van der Waals surface area contributed by atoms with Crippen LogP contribution < -0.4 is 20.2 Å². The van der Waals surface area contributed by atoms with E-state index in [1.165, 1.54) is 0 Å². The summed E-state index contributed by atoms with van der Waals surface area (Å²) in [4.78, 5) is 0. The van der Waals surface area contributed by atoms with E-state index in [-0.39, 0.29) is 6.10 Å². The Hall–Kier alpha value is -1.86. The van der Waals surface area contributed by atoms with Crippen molar-refractivity contribution in [2.75, 3.05) is 26.9 Å². The quantitative estimate of drug-likeness (QED) is 0.451. The van der Waals surface area contributed by atoms with E-state index in [0.717, 1.165) is 25.0 Å². The van der Waals surface area contributed by atoms with Gasteiger partial charge in [0.1, 0.15) is 0 Å². The molecule has 1 fully saturated rings. The van der Waals surface area contributed by atoms with E-state index in [9.17, 15) is 0 Å². The van der Waals surface area contributed by atoms with Crippen LogP contribution in [-0.4, -0.2) is 44.3 Å². The lowest BCUT2D eigenvalue weighted by molar-refractivity contribution is 0.114. The maximum Gasteiger partial charge on any atom is 0.187 e. The lowest BCUT2D eigenvalue weighted by Gasteiger charge is -2.12. The van der Waals surface area contributed by atoms with Crippen LogP contribution in [0.2, 0.25) is 0 Å². The molecule has 1 aromatic carbocycles. The van der Waals surface area contributed by atoms with Crippen LogP contribution in [0.25, 0.3) is 0 Å². The average Bonchev–Trinajstić information content (AvgIpc) is 3.07. The molecular formula is C16H23N3O3S. The third-order valence-electron chi connectivity index (χ3n) is 3.38. The number of benzene rings is 1. The number of hydrogen-bond acceptors (Lipinski definition) is 5. The summed E-state index contributed by atoms with van der Waals surface area (Å²) in [5.74, 6) is 1.39. The predicted molar refractivity (Wildman–Crippen MR) is 94.5 cm³/mol. The molecule has 6 nitrogen and oxygen atoms in total. The summed E-state index contributed by atoms with van der Waals surface area (Å²) in [6, 6.07) is 5.62. The van der Waals surface area contributed by atoms with Gasteiger partial charge in [-0.2, -0.15) is 5.10 Å². The standard InChI is InChI=1S/C16H23N3O3S/c1-3-21-15-9-12(6-7-14(15)20-2)10-18-19-16(23)17-11-13-5-4-8-22-13/h6-7,9-10,13H,3-5,8,11H2,1-2H3,(H2,17,19,23)/b18-10+. The molecule has 0 aliphatic carbocycles. The molecule has 0 spiro atoms. The van der Waals surface area contributed by atoms with E-state index < -0.39 is 0 Å². The molecule has 1 saturated heterocycles. The van der Waals surface area contributed by atoms with Crippen LogP contribution in [0.4, 0.5) is 0 Å². The van der Waals surface area contributed by atoms with E-state index in [2.05, 4.69) is 15.8 Å². The van der Waals surface area contributed by atoms with E-state index in [4.69, 9.17) is 26.4 Å². The smallest absolute Gasteiger partial charge is 0.187 e. The van der Waals surface area contributed by atoms with Crippen molar-refractivity contribution >= 4 is 23.5 Å². The molecule has 1 unspecified atom stereocenters. The minimum Gasteiger partial charge on any atom is -0.493 e. The van der Waals surface area contributed by atoms with Gasteiger partial charge in [0.25, 0.3) is 0 Å². The number of nitrogens with zero attached hydrogens (tertiary/aromatic N) is 1. The minimum absolute atomic E-state index is 0.245. The topological polar surface area (TPSA) is 64.1 Å². The van der Waals surface area contributed by atoms with Crippen molar-refractivity contribution in [3.8, 4) is 11.5 Å². The highest BCUT2D eigenvalue weighted by molar-refractivity contribution is 7.80. The van der Waals surface area contributed by atoms with Crippen LogP contribution >= 0.6 is 12.2 Å². The van der Waals surface area contributed by atoms with Crippen molar-refractivity contribution in [2.45, 2.75) is 25.9 Å². The van der Waals surface area contributed by atoms with Crippen molar-refractivity contribution in [1.82, 2.24) is 10.7 Å². The Bertz CT molecular complexity index is 545. The van der Waals surface area contributed by atoms with Gasteiger partial charge in [-0.05, 0) is 55.7 Å². The molecule has 0 saturated carbocycles. The van der Waals surface area contributed by atoms with E-state index in [0.29, 0.717) is 29.8 Å². The van der Waals surface area contributed by atoms with Gasteiger partial charge < -0.3 is 19.5 Å². The maximum atomic E-state index is 5.53. The van der Waals surface area contributed by atoms with Crippen molar-refractivity contribution in [2.24, 2.45) is 5.10 Å². The van der Waals surface area contributed by atoms with Gasteiger partial charge in [-0.3, -0.25) is 5.43 Å². The highest BCUT2D eigenvalue weighted by Gasteiger charge is 2.14. The van der Waals surface area contributed by atoms with E-state index >= 15 is 0 Å². The summed E-state index contributed by atoms with van der Waals surface area (Å²) in [5.41, 5.74) is 3.69. The molecule has 7 heteroatoms. The molecular weight excluding hydrogens is 314 g/mol. The third-order valence-corrected chi connectivity index (χ3v) is 3.62. The summed E-state index contributed by atoms with van der Waals surface area (Å²) in [5, 5.41) is 7.71. The third kappa shape index (κ3) is 5.69. The summed E-state index contributed by atoms with van der Waals surface area (Å²) in [6.07, 6.45) is 4.12. The Labute approximate surface area is 142 Å². The number of hydrogen-bond donors (Lipinski definition) is 2. The Morgan fingerprint density at radius 1 is 1.48 bits per heavy atom. The van der Waals surface area contributed by atoms with Crippen molar-refractivity contribution in [3.63, 3.8) is 0 Å². The second kappa shape index (κ2) is 9.32. The molecule has 2 N–H and O–H groups in total. The molecule has 1 aliphatic heterocycles. The fourth-order valence-corrected chi connectivity index (χ4v) is 2.39. The van der Waals surface area contributed by atoms with Gasteiger partial charge in [-0.15, -0.1) is 0 Å². The Kier molecular flexibility index (Phi) is 7.09. The van der Waals surface area contributed by atoms with Crippen LogP contribution in [0.5, 0.6) is 11.5 Å². The molecule has 126 valence electrons. The molecule has 1 heterocycles. The average molecular weight is 337 g/mol. The van der Waals surface area contributed by atoms with Gasteiger partial charge >= 0.3 is 0 Å². The highest BCUT2D eigenvalue weighted by atomic mass is 32.1. The van der Waals surface area contributed by atoms with Gasteiger partial charge in [0, 0.05) is 13.2 Å². The normalized spacial score (nSPS) is 17.2. The van der Waals surface area contributed by atoms with Gasteiger partial charge in [0.15, 0.2) is 16.6 Å². The first-order valence-corrected chi connectivity index (χ1v) is 8.13. The monoisotopic (exact) mass is 337 g/mol. The summed E-state index contributed by atoms with van der Waals surface area (Å²) in [6.45, 7) is 4.05. The number of thiocarbonyl (C=S) groups is 1. The largest absolute Gasteiger partial charge is 0.493 e. The first-order chi connectivity index (χ1) is 11.2. The number of nitrogens with one attached hydrogen (secondary N) is 2. The van der Waals surface area contributed by atoms with Gasteiger partial charge in [-0.25, -0.2) is 0 Å². The fraction of sp³-hybridized carbons (Fsp3) is 0.500. The molecule has 0 aromatic heterocycles. The van der Waals surface area contributed by atoms with Gasteiger partial charge in [0.2, 0.25) is 0 Å². The van der Waals surface area contributed by atoms with Crippen LogP contribution in [0.15, 0.2) is 23.3 Å². The molecule has 0 amide bonds. The Balaban J connectivity index is 1.82. The van der Waals surface area contributed by atoms with Gasteiger partial charge in [0.05, 0.1) is 26.0 Å². The van der Waals surface area contributed by atoms with Crippen molar-refractivity contribution < 1.29 is 14.2 Å². The molecule has 2 rings (SSSR count). The second-order valence-electron chi connectivity index (χ2n) is 5.06. The molecule has 1 atom stereocenters. The van der Waals surface area contributed by atoms with Crippen LogP contribution in [0.1, 0.15) is 25.3 Å². The van der Waals surface area contributed by atoms with Crippen molar-refractivity contribution in [3.05, 3.63) is 23.8 Å². The first-order valence-electron chi connectivity index (χ1n) is 7.72. The highest BCUT2D eigenvalue weighted by Crippen LogP contribution is 2.27. The van der Waals surface area contributed by atoms with E-state index in [1.54, 1.807) is 13.3 Å². The molecule has 23 heavy (non-hydrogen) atoms. The Morgan fingerprint density at radius 3 is 3.04 bits per heavy atom. The zero-order valence-corrected chi connectivity index (χ0v) is 14.3. The number of rotatable bonds is 7. The van der Waals surface area contributed by atoms with Crippen LogP contribution in [0.3, 0.4) is 0 Å². The molecule has 0 radical (unpaired) electrons. The van der Waals surface area contributed by atoms with Crippen LogP contribution in [-0.2, 0) is 4.74 Å². The Morgan fingerprint density at radius 2 is 2.35 bits per heavy atom. The van der Waals surface area contributed by atoms with Crippen molar-refractivity contribution in [1.29, 1.82) is 0 Å². The lowest BCUT2D eigenvalue weighted by Crippen LogP contribution is -2.37. The van der Waals surface area contributed by atoms with E-state index in [1.807, 2.05) is 25.1 Å². The summed E-state index contributed by atoms with van der Waals surface area (Å²) >= 11 is 5.17. The molecule has 0 bridgehead atoms. The van der Waals surface area contributed by atoms with Gasteiger partial charge in [-0.1, -0.05) is 0 Å². The zero-order chi connectivity index (χ0) is 16.5. The lowest BCUT2D eigenvalue weighted by atomic mass is 10.2. The molecule has 1 aliphatic rings. The number of hydrazone groups is 1. The summed E-state index contributed by atoms with van der Waals surface area (Å²) in [7, 11) is 1.62. The number of methoxy groups -OCH3 is 1. The summed E-state index contributed by atoms with van der Waals surface area (Å²) < 4.78 is 16.3. The second-order valence-corrected chi connectivity index (χ2v) is 5.47. The fourth-order valence-electron chi connectivity index (χ4n) is 2.26. The zero-order valence-electron chi connectivity index (χ0n) is 13.5. The number of ether oxygens (including phenoxy) is 3. The maximum absolute atomic E-state index is 5.53. The predicted octanol–water partition coefficient (Wildman–Crippen LogP) is 2.07. The minimum atomic E-state index is 0.245. The first kappa shape index (κ1) is 17.5.